The van der Waals surface area contributed by atoms with Gasteiger partial charge in [-0.05, 0) is 6.07 Å². The molecule has 0 spiro atoms. The fourth-order valence-electron chi connectivity index (χ4n) is 1.66. The first-order valence-corrected chi connectivity index (χ1v) is 5.15. The van der Waals surface area contributed by atoms with E-state index in [-0.39, 0.29) is 5.69 Å². The molecule has 6 nitrogen and oxygen atoms in total. The van der Waals surface area contributed by atoms with Gasteiger partial charge in [-0.2, -0.15) is 10.2 Å². The van der Waals surface area contributed by atoms with Gasteiger partial charge in [0.05, 0.1) is 12.4 Å². The van der Waals surface area contributed by atoms with E-state index in [1.807, 2.05) is 18.2 Å². The van der Waals surface area contributed by atoms with Crippen LogP contribution in [0.15, 0.2) is 41.2 Å². The number of carboxylic acids is 1. The zero-order valence-electron chi connectivity index (χ0n) is 9.07. The molecule has 0 bridgehead atoms. The number of nitrogens with zero attached hydrogens (tertiary/aromatic N) is 3. The third kappa shape index (κ3) is 1.69. The molecule has 3 rings (SSSR count). The van der Waals surface area contributed by atoms with E-state index in [9.17, 15) is 4.79 Å². The lowest BCUT2D eigenvalue weighted by Crippen LogP contribution is -1.94. The summed E-state index contributed by atoms with van der Waals surface area (Å²) >= 11 is 0. The average molecular weight is 241 g/mol. The van der Waals surface area contributed by atoms with E-state index in [1.165, 1.54) is 6.07 Å². The van der Waals surface area contributed by atoms with Crippen LogP contribution in [0.1, 0.15) is 10.5 Å². The van der Waals surface area contributed by atoms with Crippen molar-refractivity contribution in [3.63, 3.8) is 0 Å². The third-order valence-electron chi connectivity index (χ3n) is 2.56. The summed E-state index contributed by atoms with van der Waals surface area (Å²) in [7, 11) is 0. The minimum absolute atomic E-state index is 0.113. The van der Waals surface area contributed by atoms with Gasteiger partial charge < -0.3 is 9.63 Å². The number of benzene rings is 1. The standard InChI is InChI=1S/C12H7N3O3/c16-12(17)10-4-11(18-15-10)7-1-2-8-5-13-14-6-9(8)3-7/h1-6H,(H,16,17). The van der Waals surface area contributed by atoms with Crippen molar-refractivity contribution in [3.05, 3.63) is 42.4 Å². The summed E-state index contributed by atoms with van der Waals surface area (Å²) < 4.78 is 4.99. The Hall–Kier alpha value is -2.76. The highest BCUT2D eigenvalue weighted by Gasteiger charge is 2.12. The summed E-state index contributed by atoms with van der Waals surface area (Å²) in [6, 6.07) is 6.91. The highest BCUT2D eigenvalue weighted by molar-refractivity contribution is 5.88. The van der Waals surface area contributed by atoms with Crippen LogP contribution >= 0.6 is 0 Å². The molecule has 0 aliphatic heterocycles. The maximum atomic E-state index is 10.7. The Morgan fingerprint density at radius 1 is 1.11 bits per heavy atom. The van der Waals surface area contributed by atoms with Gasteiger partial charge in [0.2, 0.25) is 0 Å². The van der Waals surface area contributed by atoms with Crippen molar-refractivity contribution in [1.82, 2.24) is 15.4 Å². The van der Waals surface area contributed by atoms with Gasteiger partial charge in [-0.15, -0.1) is 0 Å². The molecule has 0 saturated carbocycles. The number of fused-ring (bicyclic) bond motifs is 1. The molecular weight excluding hydrogens is 234 g/mol. The molecule has 2 aromatic heterocycles. The van der Waals surface area contributed by atoms with Crippen LogP contribution in [-0.2, 0) is 0 Å². The van der Waals surface area contributed by atoms with Crippen molar-refractivity contribution in [3.8, 4) is 11.3 Å². The zero-order valence-corrected chi connectivity index (χ0v) is 9.07. The molecule has 1 aromatic carbocycles. The number of rotatable bonds is 2. The van der Waals surface area contributed by atoms with Crippen LogP contribution in [0.3, 0.4) is 0 Å². The van der Waals surface area contributed by atoms with Gasteiger partial charge in [0, 0.05) is 22.4 Å². The molecule has 0 atom stereocenters. The maximum Gasteiger partial charge on any atom is 0.358 e. The highest BCUT2D eigenvalue weighted by Crippen LogP contribution is 2.24. The van der Waals surface area contributed by atoms with Gasteiger partial charge in [-0.1, -0.05) is 17.3 Å². The van der Waals surface area contributed by atoms with E-state index in [0.29, 0.717) is 5.76 Å². The van der Waals surface area contributed by atoms with E-state index in [4.69, 9.17) is 9.63 Å². The van der Waals surface area contributed by atoms with Crippen molar-refractivity contribution in [2.24, 2.45) is 0 Å². The quantitative estimate of drug-likeness (QED) is 0.737. The van der Waals surface area contributed by atoms with E-state index >= 15 is 0 Å². The zero-order chi connectivity index (χ0) is 12.5. The fraction of sp³-hybridized carbons (Fsp3) is 0. The SMILES string of the molecule is O=C(O)c1cc(-c2ccc3cnncc3c2)on1. The van der Waals surface area contributed by atoms with Crippen molar-refractivity contribution in [2.75, 3.05) is 0 Å². The average Bonchev–Trinajstić information content (AvgIpc) is 2.88. The lowest BCUT2D eigenvalue weighted by atomic mass is 10.1. The number of carboxylic acid groups (broad SMARTS) is 1. The van der Waals surface area contributed by atoms with Gasteiger partial charge >= 0.3 is 5.97 Å². The van der Waals surface area contributed by atoms with Crippen LogP contribution < -0.4 is 0 Å². The summed E-state index contributed by atoms with van der Waals surface area (Å²) in [6.45, 7) is 0. The third-order valence-corrected chi connectivity index (χ3v) is 2.56. The minimum Gasteiger partial charge on any atom is -0.476 e. The first kappa shape index (κ1) is 10.4. The van der Waals surface area contributed by atoms with E-state index < -0.39 is 5.97 Å². The fourth-order valence-corrected chi connectivity index (χ4v) is 1.66. The minimum atomic E-state index is -1.11. The lowest BCUT2D eigenvalue weighted by Gasteiger charge is -1.98. The number of carbonyl (C=O) groups is 1. The van der Waals surface area contributed by atoms with Crippen LogP contribution in [-0.4, -0.2) is 26.4 Å². The summed E-state index contributed by atoms with van der Waals surface area (Å²) in [5, 5.41) is 21.7. The van der Waals surface area contributed by atoms with Gasteiger partial charge in [0.1, 0.15) is 0 Å². The van der Waals surface area contributed by atoms with Crippen LogP contribution in [0, 0.1) is 0 Å². The second kappa shape index (κ2) is 3.92. The molecule has 1 N–H and O–H groups in total. The van der Waals surface area contributed by atoms with E-state index in [1.54, 1.807) is 12.4 Å². The predicted octanol–water partition coefficient (Wildman–Crippen LogP) is 1.98. The number of hydrogen-bond acceptors (Lipinski definition) is 5. The molecule has 3 aromatic rings. The van der Waals surface area contributed by atoms with Gasteiger partial charge in [-0.3, -0.25) is 0 Å². The van der Waals surface area contributed by atoms with Crippen molar-refractivity contribution in [2.45, 2.75) is 0 Å². The molecule has 0 aliphatic rings. The monoisotopic (exact) mass is 241 g/mol. The number of aromatic carboxylic acids is 1. The molecule has 0 fully saturated rings. The molecule has 88 valence electrons. The largest absolute Gasteiger partial charge is 0.476 e. The second-order valence-corrected chi connectivity index (χ2v) is 3.71. The van der Waals surface area contributed by atoms with Crippen molar-refractivity contribution < 1.29 is 14.4 Å². The maximum absolute atomic E-state index is 10.7. The molecule has 0 unspecified atom stereocenters. The first-order valence-electron chi connectivity index (χ1n) is 5.15. The Labute approximate surface area is 101 Å². The van der Waals surface area contributed by atoms with Crippen LogP contribution in [0.4, 0.5) is 0 Å². The summed E-state index contributed by atoms with van der Waals surface area (Å²) in [5.74, 6) is -0.706. The van der Waals surface area contributed by atoms with Crippen LogP contribution in [0.5, 0.6) is 0 Å². The topological polar surface area (TPSA) is 89.1 Å². The molecule has 6 heteroatoms. The number of hydrogen-bond donors (Lipinski definition) is 1. The molecule has 0 amide bonds. The Morgan fingerprint density at radius 3 is 2.61 bits per heavy atom. The van der Waals surface area contributed by atoms with Crippen molar-refractivity contribution in [1.29, 1.82) is 0 Å². The second-order valence-electron chi connectivity index (χ2n) is 3.71. The lowest BCUT2D eigenvalue weighted by molar-refractivity contribution is 0.0686. The first-order chi connectivity index (χ1) is 8.74. The Balaban J connectivity index is 2.10. The molecule has 18 heavy (non-hydrogen) atoms. The number of aromatic nitrogens is 3. The van der Waals surface area contributed by atoms with Crippen LogP contribution in [0.2, 0.25) is 0 Å². The summed E-state index contributed by atoms with van der Waals surface area (Å²) in [4.78, 5) is 10.7. The normalized spacial score (nSPS) is 10.7. The van der Waals surface area contributed by atoms with Gasteiger partial charge in [0.15, 0.2) is 11.5 Å². The molecular formula is C12H7N3O3. The van der Waals surface area contributed by atoms with E-state index in [2.05, 4.69) is 15.4 Å². The summed E-state index contributed by atoms with van der Waals surface area (Å²) in [5.41, 5.74) is 0.633. The molecule has 0 saturated heterocycles. The smallest absolute Gasteiger partial charge is 0.358 e. The Morgan fingerprint density at radius 2 is 1.89 bits per heavy atom. The highest BCUT2D eigenvalue weighted by atomic mass is 16.5. The predicted molar refractivity (Wildman–Crippen MR) is 62.0 cm³/mol. The molecule has 0 aliphatic carbocycles. The molecule has 2 heterocycles. The van der Waals surface area contributed by atoms with Gasteiger partial charge in [0.25, 0.3) is 0 Å². The Bertz CT molecular complexity index is 736. The Kier molecular flexibility index (Phi) is 2.26. The van der Waals surface area contributed by atoms with Crippen LogP contribution in [0.25, 0.3) is 22.1 Å². The van der Waals surface area contributed by atoms with Crippen molar-refractivity contribution >= 4 is 16.7 Å². The molecule has 0 radical (unpaired) electrons. The summed E-state index contributed by atoms with van der Waals surface area (Å²) in [6.07, 6.45) is 3.29. The van der Waals surface area contributed by atoms with Gasteiger partial charge in [-0.25, -0.2) is 4.79 Å². The van der Waals surface area contributed by atoms with E-state index in [0.717, 1.165) is 16.3 Å².